The molecule has 2 N–H and O–H groups in total. The van der Waals surface area contributed by atoms with Gasteiger partial charge in [-0.15, -0.1) is 21.5 Å². The van der Waals surface area contributed by atoms with Crippen molar-refractivity contribution >= 4 is 44.8 Å². The number of thiazole rings is 1. The molecule has 8 nitrogen and oxygen atoms in total. The lowest BCUT2D eigenvalue weighted by molar-refractivity contribution is -0.117. The summed E-state index contributed by atoms with van der Waals surface area (Å²) in [5.74, 6) is -0.0556. The van der Waals surface area contributed by atoms with E-state index in [1.54, 1.807) is 31.4 Å². The minimum atomic E-state index is -0.345. The highest BCUT2D eigenvalue weighted by Gasteiger charge is 2.33. The molecule has 1 aromatic carbocycles. The summed E-state index contributed by atoms with van der Waals surface area (Å²) in [6, 6.07) is 6.84. The quantitative estimate of drug-likeness (QED) is 0.663. The SMILES string of the molecule is COc1ccc(C(=O)Nc2nc3c(s2)CCC3C(=O)Nc2nnc(C)s2)cc1. The normalized spacial score (nSPS) is 15.1. The van der Waals surface area contributed by atoms with Crippen LogP contribution in [0.2, 0.25) is 0 Å². The van der Waals surface area contributed by atoms with Crippen LogP contribution in [0, 0.1) is 6.92 Å². The van der Waals surface area contributed by atoms with Crippen LogP contribution in [0.4, 0.5) is 10.3 Å². The summed E-state index contributed by atoms with van der Waals surface area (Å²) in [5.41, 5.74) is 1.24. The Kier molecular flexibility index (Phi) is 5.05. The predicted molar refractivity (Wildman–Crippen MR) is 107 cm³/mol. The largest absolute Gasteiger partial charge is 0.497 e. The molecule has 1 unspecified atom stereocenters. The summed E-state index contributed by atoms with van der Waals surface area (Å²) < 4.78 is 5.10. The number of carbonyl (C=O) groups excluding carboxylic acids is 2. The van der Waals surface area contributed by atoms with E-state index in [2.05, 4.69) is 25.8 Å². The number of rotatable bonds is 5. The second kappa shape index (κ2) is 7.64. The molecule has 2 amide bonds. The van der Waals surface area contributed by atoms with Crippen molar-refractivity contribution < 1.29 is 14.3 Å². The number of ether oxygens (including phenoxy) is 1. The van der Waals surface area contributed by atoms with Gasteiger partial charge >= 0.3 is 0 Å². The Balaban J connectivity index is 1.45. The molecule has 10 heteroatoms. The number of hydrogen-bond donors (Lipinski definition) is 2. The number of nitrogens with zero attached hydrogens (tertiary/aromatic N) is 3. The monoisotopic (exact) mass is 415 g/mol. The van der Waals surface area contributed by atoms with Crippen LogP contribution in [0.25, 0.3) is 0 Å². The van der Waals surface area contributed by atoms with Crippen LogP contribution in [0.1, 0.15) is 38.3 Å². The first-order chi connectivity index (χ1) is 13.5. The number of benzene rings is 1. The van der Waals surface area contributed by atoms with Crippen molar-refractivity contribution in [1.29, 1.82) is 0 Å². The van der Waals surface area contributed by atoms with Crippen LogP contribution < -0.4 is 15.4 Å². The average Bonchev–Trinajstić information content (AvgIpc) is 3.37. The smallest absolute Gasteiger partial charge is 0.257 e. The zero-order valence-corrected chi connectivity index (χ0v) is 16.8. The van der Waals surface area contributed by atoms with Gasteiger partial charge in [-0.1, -0.05) is 11.3 Å². The van der Waals surface area contributed by atoms with Crippen molar-refractivity contribution in [3.63, 3.8) is 0 Å². The fraction of sp³-hybridized carbons (Fsp3) is 0.278. The lowest BCUT2D eigenvalue weighted by Gasteiger charge is -2.08. The fourth-order valence-corrected chi connectivity index (χ4v) is 4.62. The topological polar surface area (TPSA) is 106 Å². The Morgan fingerprint density at radius 3 is 2.57 bits per heavy atom. The van der Waals surface area contributed by atoms with Gasteiger partial charge in [0.05, 0.1) is 18.7 Å². The zero-order valence-electron chi connectivity index (χ0n) is 15.2. The molecule has 4 rings (SSSR count). The van der Waals surface area contributed by atoms with Crippen LogP contribution in [0.5, 0.6) is 5.75 Å². The summed E-state index contributed by atoms with van der Waals surface area (Å²) >= 11 is 2.74. The molecule has 1 aliphatic carbocycles. The molecule has 1 atom stereocenters. The van der Waals surface area contributed by atoms with Crippen LogP contribution in [0.3, 0.4) is 0 Å². The molecule has 0 saturated heterocycles. The van der Waals surface area contributed by atoms with Gasteiger partial charge in [-0.05, 0) is 44.0 Å². The number of anilines is 2. The van der Waals surface area contributed by atoms with Crippen LogP contribution in [-0.4, -0.2) is 34.1 Å². The van der Waals surface area contributed by atoms with Crippen molar-refractivity contribution in [2.75, 3.05) is 17.7 Å². The van der Waals surface area contributed by atoms with Crippen molar-refractivity contribution in [1.82, 2.24) is 15.2 Å². The highest BCUT2D eigenvalue weighted by molar-refractivity contribution is 7.16. The molecule has 0 saturated carbocycles. The molecule has 0 fully saturated rings. The molecule has 0 aliphatic heterocycles. The van der Waals surface area contributed by atoms with E-state index in [4.69, 9.17) is 4.74 Å². The molecule has 0 bridgehead atoms. The second-order valence-corrected chi connectivity index (χ2v) is 8.48. The van der Waals surface area contributed by atoms with E-state index in [-0.39, 0.29) is 17.7 Å². The summed E-state index contributed by atoms with van der Waals surface area (Å²) in [7, 11) is 1.57. The van der Waals surface area contributed by atoms with Crippen molar-refractivity contribution in [2.24, 2.45) is 0 Å². The first kappa shape index (κ1) is 18.5. The van der Waals surface area contributed by atoms with Gasteiger partial charge in [-0.3, -0.25) is 20.2 Å². The number of fused-ring (bicyclic) bond motifs is 1. The van der Waals surface area contributed by atoms with Crippen molar-refractivity contribution in [3.05, 3.63) is 45.4 Å². The van der Waals surface area contributed by atoms with Crippen molar-refractivity contribution in [2.45, 2.75) is 25.7 Å². The highest BCUT2D eigenvalue weighted by atomic mass is 32.1. The Morgan fingerprint density at radius 2 is 1.89 bits per heavy atom. The van der Waals surface area contributed by atoms with Crippen LogP contribution in [0.15, 0.2) is 24.3 Å². The lowest BCUT2D eigenvalue weighted by atomic mass is 10.1. The maximum absolute atomic E-state index is 12.6. The first-order valence-corrected chi connectivity index (χ1v) is 10.2. The molecule has 28 heavy (non-hydrogen) atoms. The second-order valence-electron chi connectivity index (χ2n) is 6.22. The Morgan fingerprint density at radius 1 is 1.11 bits per heavy atom. The van der Waals surface area contributed by atoms with Gasteiger partial charge in [0.1, 0.15) is 10.8 Å². The lowest BCUT2D eigenvalue weighted by Crippen LogP contribution is -2.20. The summed E-state index contributed by atoms with van der Waals surface area (Å²) in [6.45, 7) is 1.83. The van der Waals surface area contributed by atoms with Crippen LogP contribution >= 0.6 is 22.7 Å². The number of methoxy groups -OCH3 is 1. The molecule has 1 aliphatic rings. The zero-order chi connectivity index (χ0) is 19.7. The van der Waals surface area contributed by atoms with E-state index in [1.807, 2.05) is 6.92 Å². The molecule has 2 aromatic heterocycles. The van der Waals surface area contributed by atoms with E-state index >= 15 is 0 Å². The minimum absolute atomic E-state index is 0.145. The molecular formula is C18H17N5O3S2. The summed E-state index contributed by atoms with van der Waals surface area (Å²) in [4.78, 5) is 30.5. The molecule has 2 heterocycles. The van der Waals surface area contributed by atoms with E-state index in [1.165, 1.54) is 22.7 Å². The summed E-state index contributed by atoms with van der Waals surface area (Å²) in [5, 5.41) is 15.2. The number of amides is 2. The molecule has 144 valence electrons. The van der Waals surface area contributed by atoms with Gasteiger partial charge in [-0.2, -0.15) is 0 Å². The Labute approximate surface area is 169 Å². The van der Waals surface area contributed by atoms with Gasteiger partial charge in [0, 0.05) is 10.4 Å². The van der Waals surface area contributed by atoms with E-state index in [0.717, 1.165) is 22.0 Å². The number of nitrogens with one attached hydrogen (secondary N) is 2. The van der Waals surface area contributed by atoms with Gasteiger partial charge < -0.3 is 4.74 Å². The third kappa shape index (κ3) is 3.73. The standard InChI is InChI=1S/C18H17N5O3S2/c1-9-22-23-18(27-9)21-16(25)12-7-8-13-14(12)19-17(28-13)20-15(24)10-3-5-11(26-2)6-4-10/h3-6,12H,7-8H2,1-2H3,(H,19,20,24)(H,21,23,25). The number of aromatic nitrogens is 3. The fourth-order valence-electron chi connectivity index (χ4n) is 2.99. The van der Waals surface area contributed by atoms with Crippen molar-refractivity contribution in [3.8, 4) is 5.75 Å². The molecule has 3 aromatic rings. The van der Waals surface area contributed by atoms with E-state index in [0.29, 0.717) is 28.0 Å². The van der Waals surface area contributed by atoms with Gasteiger partial charge in [-0.25, -0.2) is 4.98 Å². The Hall–Kier alpha value is -2.85. The van der Waals surface area contributed by atoms with Gasteiger partial charge in [0.25, 0.3) is 5.91 Å². The third-order valence-electron chi connectivity index (χ3n) is 4.36. The van der Waals surface area contributed by atoms with Gasteiger partial charge in [0.2, 0.25) is 11.0 Å². The maximum Gasteiger partial charge on any atom is 0.257 e. The third-order valence-corrected chi connectivity index (χ3v) is 6.16. The Bertz CT molecular complexity index is 1030. The molecular weight excluding hydrogens is 398 g/mol. The maximum atomic E-state index is 12.6. The minimum Gasteiger partial charge on any atom is -0.497 e. The van der Waals surface area contributed by atoms with E-state index < -0.39 is 0 Å². The molecule has 0 spiro atoms. The highest BCUT2D eigenvalue weighted by Crippen LogP contribution is 2.39. The van der Waals surface area contributed by atoms with Gasteiger partial charge in [0.15, 0.2) is 5.13 Å². The number of aryl methyl sites for hydroxylation is 2. The first-order valence-electron chi connectivity index (χ1n) is 8.59. The number of hydrogen-bond acceptors (Lipinski definition) is 8. The summed E-state index contributed by atoms with van der Waals surface area (Å²) in [6.07, 6.45) is 1.46. The van der Waals surface area contributed by atoms with E-state index in [9.17, 15) is 9.59 Å². The average molecular weight is 416 g/mol. The predicted octanol–water partition coefficient (Wildman–Crippen LogP) is 3.23. The van der Waals surface area contributed by atoms with Crippen LogP contribution in [-0.2, 0) is 11.2 Å². The molecule has 0 radical (unpaired) electrons. The number of carbonyl (C=O) groups is 2.